The maximum Gasteiger partial charge on any atom is 0.410 e. The van der Waals surface area contributed by atoms with Crippen LogP contribution in [0.2, 0.25) is 0 Å². The zero-order chi connectivity index (χ0) is 16.9. The number of ether oxygens (including phenoxy) is 1. The van der Waals surface area contributed by atoms with Crippen LogP contribution in [0.15, 0.2) is 30.3 Å². The molecule has 2 unspecified atom stereocenters. The van der Waals surface area contributed by atoms with Gasteiger partial charge in [0, 0.05) is 22.8 Å². The molecule has 1 heterocycles. The fourth-order valence-corrected chi connectivity index (χ4v) is 3.79. The second-order valence-corrected chi connectivity index (χ2v) is 8.81. The van der Waals surface area contributed by atoms with Gasteiger partial charge >= 0.3 is 6.09 Å². The van der Waals surface area contributed by atoms with Crippen LogP contribution in [-0.2, 0) is 20.4 Å². The highest BCUT2D eigenvalue weighted by Crippen LogP contribution is 2.26. The van der Waals surface area contributed by atoms with Crippen molar-refractivity contribution in [3.63, 3.8) is 0 Å². The molecule has 0 bridgehead atoms. The monoisotopic (exact) mass is 359 g/mol. The van der Waals surface area contributed by atoms with E-state index in [0.717, 1.165) is 24.8 Å². The summed E-state index contributed by atoms with van der Waals surface area (Å²) in [4.78, 5) is 14.1. The molecule has 0 aromatic heterocycles. The van der Waals surface area contributed by atoms with Crippen LogP contribution < -0.4 is 0 Å². The molecular formula is C16H22ClNO4S. The second-order valence-electron chi connectivity index (χ2n) is 5.91. The number of piperidine rings is 1. The van der Waals surface area contributed by atoms with Crippen molar-refractivity contribution in [2.24, 2.45) is 0 Å². The molecule has 1 aromatic carbocycles. The SMILES string of the molecule is CC1CCCC(CCS(=O)(=O)Cl)N1C(=O)OCc1ccccc1. The molecule has 2 atom stereocenters. The molecule has 7 heteroatoms. The predicted molar refractivity (Wildman–Crippen MR) is 89.8 cm³/mol. The third-order valence-corrected chi connectivity index (χ3v) is 5.32. The Balaban J connectivity index is 1.98. The highest BCUT2D eigenvalue weighted by atomic mass is 35.7. The van der Waals surface area contributed by atoms with Crippen LogP contribution in [0, 0.1) is 0 Å². The minimum Gasteiger partial charge on any atom is -0.445 e. The summed E-state index contributed by atoms with van der Waals surface area (Å²) in [7, 11) is 1.74. The van der Waals surface area contributed by atoms with E-state index in [1.54, 1.807) is 4.90 Å². The van der Waals surface area contributed by atoms with E-state index < -0.39 is 15.1 Å². The smallest absolute Gasteiger partial charge is 0.410 e. The van der Waals surface area contributed by atoms with Crippen LogP contribution in [0.5, 0.6) is 0 Å². The van der Waals surface area contributed by atoms with Crippen molar-refractivity contribution in [2.45, 2.75) is 51.3 Å². The zero-order valence-electron chi connectivity index (χ0n) is 13.2. The van der Waals surface area contributed by atoms with Gasteiger partial charge in [0.15, 0.2) is 0 Å². The number of carbonyl (C=O) groups is 1. The first-order valence-electron chi connectivity index (χ1n) is 7.78. The van der Waals surface area contributed by atoms with Crippen LogP contribution in [0.1, 0.15) is 38.2 Å². The maximum atomic E-state index is 12.4. The molecule has 0 aliphatic carbocycles. The minimum atomic E-state index is -3.55. The van der Waals surface area contributed by atoms with Gasteiger partial charge in [0.25, 0.3) is 0 Å². The van der Waals surface area contributed by atoms with E-state index >= 15 is 0 Å². The first-order valence-corrected chi connectivity index (χ1v) is 10.3. The van der Waals surface area contributed by atoms with Gasteiger partial charge in [-0.3, -0.25) is 0 Å². The van der Waals surface area contributed by atoms with Gasteiger partial charge in [-0.2, -0.15) is 0 Å². The van der Waals surface area contributed by atoms with E-state index in [9.17, 15) is 13.2 Å². The fraction of sp³-hybridized carbons (Fsp3) is 0.562. The number of carbonyl (C=O) groups excluding carboxylic acids is 1. The van der Waals surface area contributed by atoms with Crippen molar-refractivity contribution in [3.05, 3.63) is 35.9 Å². The lowest BCUT2D eigenvalue weighted by Gasteiger charge is -2.39. The lowest BCUT2D eigenvalue weighted by molar-refractivity contribution is 0.0454. The van der Waals surface area contributed by atoms with Crippen molar-refractivity contribution in [2.75, 3.05) is 5.75 Å². The Hall–Kier alpha value is -1.27. The molecule has 1 aromatic rings. The average molecular weight is 360 g/mol. The summed E-state index contributed by atoms with van der Waals surface area (Å²) in [5.41, 5.74) is 0.922. The van der Waals surface area contributed by atoms with Crippen LogP contribution >= 0.6 is 10.7 Å². The van der Waals surface area contributed by atoms with Gasteiger partial charge in [0.05, 0.1) is 5.75 Å². The number of amides is 1. The Bertz CT molecular complexity index is 620. The van der Waals surface area contributed by atoms with Crippen molar-refractivity contribution < 1.29 is 17.9 Å². The number of likely N-dealkylation sites (tertiary alicyclic amines) is 1. The largest absolute Gasteiger partial charge is 0.445 e. The third kappa shape index (κ3) is 5.70. The Kier molecular flexibility index (Phi) is 6.30. The minimum absolute atomic E-state index is 0.0371. The summed E-state index contributed by atoms with van der Waals surface area (Å²) in [5.74, 6) is -0.131. The van der Waals surface area contributed by atoms with E-state index in [2.05, 4.69) is 0 Å². The summed E-state index contributed by atoms with van der Waals surface area (Å²) < 4.78 is 27.8. The van der Waals surface area contributed by atoms with Crippen LogP contribution in [-0.4, -0.2) is 37.2 Å². The lowest BCUT2D eigenvalue weighted by atomic mass is 9.95. The average Bonchev–Trinajstić information content (AvgIpc) is 2.51. The summed E-state index contributed by atoms with van der Waals surface area (Å²) in [5, 5.41) is 0. The third-order valence-electron chi connectivity index (χ3n) is 4.14. The van der Waals surface area contributed by atoms with Gasteiger partial charge in [-0.05, 0) is 38.2 Å². The van der Waals surface area contributed by atoms with Gasteiger partial charge in [-0.25, -0.2) is 13.2 Å². The maximum absolute atomic E-state index is 12.4. The number of benzene rings is 1. The van der Waals surface area contributed by atoms with Gasteiger partial charge in [0.1, 0.15) is 6.61 Å². The fourth-order valence-electron chi connectivity index (χ4n) is 2.97. The van der Waals surface area contributed by atoms with E-state index in [4.69, 9.17) is 15.4 Å². The Morgan fingerprint density at radius 2 is 2.00 bits per heavy atom. The molecule has 0 saturated carbocycles. The standard InChI is InChI=1S/C16H22ClNO4S/c1-13-6-5-9-15(10-11-23(17,20)21)18(13)16(19)22-12-14-7-3-2-4-8-14/h2-4,7-8,13,15H,5-6,9-12H2,1H3. The van der Waals surface area contributed by atoms with Crippen LogP contribution in [0.4, 0.5) is 4.79 Å². The second kappa shape index (κ2) is 8.02. The molecule has 23 heavy (non-hydrogen) atoms. The van der Waals surface area contributed by atoms with Gasteiger partial charge in [0.2, 0.25) is 9.05 Å². The van der Waals surface area contributed by atoms with Crippen LogP contribution in [0.25, 0.3) is 0 Å². The highest BCUT2D eigenvalue weighted by Gasteiger charge is 2.33. The number of hydrogen-bond donors (Lipinski definition) is 0. The molecule has 0 N–H and O–H groups in total. The molecule has 0 radical (unpaired) electrons. The summed E-state index contributed by atoms with van der Waals surface area (Å²) in [6.45, 7) is 2.18. The van der Waals surface area contributed by atoms with Crippen molar-refractivity contribution >= 4 is 25.8 Å². The molecule has 128 valence electrons. The predicted octanol–water partition coefficient (Wildman–Crippen LogP) is 3.52. The molecule has 1 aliphatic rings. The first-order chi connectivity index (χ1) is 10.9. The van der Waals surface area contributed by atoms with E-state index in [1.165, 1.54) is 0 Å². The van der Waals surface area contributed by atoms with Crippen LogP contribution in [0.3, 0.4) is 0 Å². The van der Waals surface area contributed by atoms with Crippen molar-refractivity contribution in [1.29, 1.82) is 0 Å². The number of nitrogens with zero attached hydrogens (tertiary/aromatic N) is 1. The number of rotatable bonds is 5. The van der Waals surface area contributed by atoms with Crippen molar-refractivity contribution in [3.8, 4) is 0 Å². The number of halogens is 1. The van der Waals surface area contributed by atoms with Gasteiger partial charge in [-0.1, -0.05) is 30.3 Å². The molecular weight excluding hydrogens is 338 g/mol. The first kappa shape index (κ1) is 18.1. The van der Waals surface area contributed by atoms with Gasteiger partial charge < -0.3 is 9.64 Å². The Morgan fingerprint density at radius 3 is 2.65 bits per heavy atom. The van der Waals surface area contributed by atoms with Crippen molar-refractivity contribution in [1.82, 2.24) is 4.90 Å². The van der Waals surface area contributed by atoms with E-state index in [0.29, 0.717) is 6.42 Å². The highest BCUT2D eigenvalue weighted by molar-refractivity contribution is 8.13. The normalized spacial score (nSPS) is 21.9. The molecule has 1 saturated heterocycles. The van der Waals surface area contributed by atoms with E-state index in [-0.39, 0.29) is 24.4 Å². The topological polar surface area (TPSA) is 63.7 Å². The molecule has 1 aliphatic heterocycles. The number of hydrogen-bond acceptors (Lipinski definition) is 4. The van der Waals surface area contributed by atoms with Gasteiger partial charge in [-0.15, -0.1) is 0 Å². The summed E-state index contributed by atoms with van der Waals surface area (Å²) >= 11 is 0. The molecule has 2 rings (SSSR count). The molecule has 5 nitrogen and oxygen atoms in total. The Labute approximate surface area is 142 Å². The lowest BCUT2D eigenvalue weighted by Crippen LogP contribution is -2.49. The zero-order valence-corrected chi connectivity index (χ0v) is 14.7. The summed E-state index contributed by atoms with van der Waals surface area (Å²) in [6.07, 6.45) is 2.59. The molecule has 0 spiro atoms. The van der Waals surface area contributed by atoms with E-state index in [1.807, 2.05) is 37.3 Å². The Morgan fingerprint density at radius 1 is 1.30 bits per heavy atom. The quantitative estimate of drug-likeness (QED) is 0.754. The molecule has 1 amide bonds. The molecule has 1 fully saturated rings. The summed E-state index contributed by atoms with van der Waals surface area (Å²) in [6, 6.07) is 9.36.